The molecule has 1 heterocycles. The summed E-state index contributed by atoms with van der Waals surface area (Å²) in [6, 6.07) is -1.48. The first-order chi connectivity index (χ1) is 6.75. The van der Waals surface area contributed by atoms with Gasteiger partial charge in [-0.2, -0.15) is 12.6 Å². The average molecular weight is 232 g/mol. The fraction of sp³-hybridized carbons (Fsp3) is 0.778. The van der Waals surface area contributed by atoms with Crippen LogP contribution in [0.1, 0.15) is 20.3 Å². The third-order valence-electron chi connectivity index (χ3n) is 2.61. The van der Waals surface area contributed by atoms with Crippen molar-refractivity contribution in [2.45, 2.75) is 37.1 Å². The summed E-state index contributed by atoms with van der Waals surface area (Å²) in [5.74, 6) is -1.31. The van der Waals surface area contributed by atoms with Gasteiger partial charge < -0.3 is 15.7 Å². The van der Waals surface area contributed by atoms with Crippen LogP contribution in [0.3, 0.4) is 0 Å². The van der Waals surface area contributed by atoms with Crippen LogP contribution in [0.5, 0.6) is 0 Å². The second kappa shape index (κ2) is 4.02. The Morgan fingerprint density at radius 2 is 2.13 bits per heavy atom. The van der Waals surface area contributed by atoms with Gasteiger partial charge in [-0.1, -0.05) is 0 Å². The number of carbonyl (C=O) groups excluding carboxylic acids is 1. The average Bonchev–Trinajstić information content (AvgIpc) is 1.97. The second-order valence-corrected chi connectivity index (χ2v) is 5.46. The van der Waals surface area contributed by atoms with Crippen LogP contribution in [0.2, 0.25) is 0 Å². The Kier molecular flexibility index (Phi) is 3.30. The number of thiol groups is 1. The molecular weight excluding hydrogens is 216 g/mol. The van der Waals surface area contributed by atoms with E-state index in [4.69, 9.17) is 10.8 Å². The predicted octanol–water partition coefficient (Wildman–Crippen LogP) is -0.292. The van der Waals surface area contributed by atoms with E-state index in [2.05, 4.69) is 12.6 Å². The number of carboxylic acids is 1. The van der Waals surface area contributed by atoms with Crippen LogP contribution in [0.15, 0.2) is 0 Å². The summed E-state index contributed by atoms with van der Waals surface area (Å²) in [4.78, 5) is 23.8. The van der Waals surface area contributed by atoms with Gasteiger partial charge in [0.15, 0.2) is 0 Å². The zero-order valence-electron chi connectivity index (χ0n) is 8.80. The largest absolute Gasteiger partial charge is 0.480 e. The minimum Gasteiger partial charge on any atom is -0.480 e. The monoisotopic (exact) mass is 232 g/mol. The van der Waals surface area contributed by atoms with Crippen molar-refractivity contribution < 1.29 is 14.7 Å². The number of rotatable bonds is 3. The SMILES string of the molecule is CC(C)(S)[C@H](N)C(=O)N1CC[C@H]1C(=O)O. The van der Waals surface area contributed by atoms with Crippen molar-refractivity contribution in [3.05, 3.63) is 0 Å². The second-order valence-electron chi connectivity index (χ2n) is 4.31. The van der Waals surface area contributed by atoms with E-state index in [0.29, 0.717) is 13.0 Å². The number of nitrogens with two attached hydrogens (primary N) is 1. The summed E-state index contributed by atoms with van der Waals surface area (Å²) in [6.45, 7) is 3.93. The summed E-state index contributed by atoms with van der Waals surface area (Å²) >= 11 is 4.21. The van der Waals surface area contributed by atoms with Crippen LogP contribution in [0.25, 0.3) is 0 Å². The van der Waals surface area contributed by atoms with Gasteiger partial charge in [0.2, 0.25) is 5.91 Å². The van der Waals surface area contributed by atoms with Gasteiger partial charge >= 0.3 is 5.97 Å². The number of hydrogen-bond acceptors (Lipinski definition) is 4. The first kappa shape index (κ1) is 12.3. The van der Waals surface area contributed by atoms with Gasteiger partial charge in [0, 0.05) is 11.3 Å². The predicted molar refractivity (Wildman–Crippen MR) is 58.8 cm³/mol. The fourth-order valence-corrected chi connectivity index (χ4v) is 1.50. The molecule has 2 atom stereocenters. The maximum atomic E-state index is 11.8. The lowest BCUT2D eigenvalue weighted by atomic mass is 9.97. The minimum absolute atomic E-state index is 0.339. The number of amides is 1. The molecule has 5 nitrogen and oxygen atoms in total. The highest BCUT2D eigenvalue weighted by atomic mass is 32.1. The van der Waals surface area contributed by atoms with Crippen LogP contribution in [0, 0.1) is 0 Å². The smallest absolute Gasteiger partial charge is 0.326 e. The highest BCUT2D eigenvalue weighted by Crippen LogP contribution is 2.23. The number of aliphatic carboxylic acids is 1. The van der Waals surface area contributed by atoms with Crippen molar-refractivity contribution in [1.29, 1.82) is 0 Å². The molecule has 0 spiro atoms. The molecule has 0 aromatic rings. The molecule has 0 saturated carbocycles. The van der Waals surface area contributed by atoms with Gasteiger partial charge in [-0.25, -0.2) is 4.79 Å². The molecule has 0 aromatic carbocycles. The Bertz CT molecular complexity index is 288. The van der Waals surface area contributed by atoms with E-state index < -0.39 is 22.8 Å². The Morgan fingerprint density at radius 1 is 1.60 bits per heavy atom. The maximum Gasteiger partial charge on any atom is 0.326 e. The lowest BCUT2D eigenvalue weighted by molar-refractivity contribution is -0.158. The van der Waals surface area contributed by atoms with E-state index in [1.165, 1.54) is 4.90 Å². The van der Waals surface area contributed by atoms with Crippen LogP contribution in [-0.2, 0) is 9.59 Å². The van der Waals surface area contributed by atoms with Gasteiger partial charge in [-0.15, -0.1) is 0 Å². The van der Waals surface area contributed by atoms with Crippen LogP contribution >= 0.6 is 12.6 Å². The van der Waals surface area contributed by atoms with Crippen molar-refractivity contribution >= 4 is 24.5 Å². The lowest BCUT2D eigenvalue weighted by Gasteiger charge is -2.41. The zero-order chi connectivity index (χ0) is 11.8. The van der Waals surface area contributed by atoms with E-state index >= 15 is 0 Å². The van der Waals surface area contributed by atoms with Gasteiger partial charge in [-0.05, 0) is 20.3 Å². The summed E-state index contributed by atoms with van der Waals surface area (Å²) in [6.07, 6.45) is 0.501. The number of nitrogens with zero attached hydrogens (tertiary/aromatic N) is 1. The van der Waals surface area contributed by atoms with E-state index in [0.717, 1.165) is 0 Å². The molecule has 86 valence electrons. The van der Waals surface area contributed by atoms with E-state index in [-0.39, 0.29) is 5.91 Å². The molecule has 3 N–H and O–H groups in total. The molecule has 0 bridgehead atoms. The van der Waals surface area contributed by atoms with Crippen LogP contribution in [0.4, 0.5) is 0 Å². The minimum atomic E-state index is -0.973. The summed E-state index contributed by atoms with van der Waals surface area (Å²) in [5, 5.41) is 8.78. The Labute approximate surface area is 94.0 Å². The van der Waals surface area contributed by atoms with Crippen LogP contribution in [-0.4, -0.2) is 45.3 Å². The molecule has 1 amide bonds. The standard InChI is InChI=1S/C9H16N2O3S/c1-9(2,15)6(10)7(12)11-4-3-5(11)8(13)14/h5-6,15H,3-4,10H2,1-2H3,(H,13,14)/t5-,6+/m0/s1. The molecule has 0 radical (unpaired) electrons. The normalized spacial score (nSPS) is 23.2. The Hall–Kier alpha value is -0.750. The van der Waals surface area contributed by atoms with Gasteiger partial charge in [0.1, 0.15) is 6.04 Å². The lowest BCUT2D eigenvalue weighted by Crippen LogP contribution is -2.62. The molecule has 1 rings (SSSR count). The molecule has 0 unspecified atom stereocenters. The highest BCUT2D eigenvalue weighted by Gasteiger charge is 2.42. The molecular formula is C9H16N2O3S. The molecule has 15 heavy (non-hydrogen) atoms. The van der Waals surface area contributed by atoms with Gasteiger partial charge in [-0.3, -0.25) is 4.79 Å². The Balaban J connectivity index is 2.66. The molecule has 1 aliphatic heterocycles. The van der Waals surface area contributed by atoms with E-state index in [1.54, 1.807) is 13.8 Å². The molecule has 6 heteroatoms. The number of carboxylic acid groups (broad SMARTS) is 1. The number of hydrogen-bond donors (Lipinski definition) is 3. The summed E-state index contributed by atoms with van der Waals surface area (Å²) in [5.41, 5.74) is 5.71. The third kappa shape index (κ3) is 2.43. The van der Waals surface area contributed by atoms with Crippen molar-refractivity contribution in [3.8, 4) is 0 Å². The van der Waals surface area contributed by atoms with E-state index in [9.17, 15) is 9.59 Å². The third-order valence-corrected chi connectivity index (χ3v) is 2.89. The number of carbonyl (C=O) groups is 2. The van der Waals surface area contributed by atoms with Crippen LogP contribution < -0.4 is 5.73 Å². The Morgan fingerprint density at radius 3 is 2.40 bits per heavy atom. The van der Waals surface area contributed by atoms with E-state index in [1.807, 2.05) is 0 Å². The first-order valence-corrected chi connectivity index (χ1v) is 5.21. The fourth-order valence-electron chi connectivity index (χ4n) is 1.39. The first-order valence-electron chi connectivity index (χ1n) is 4.76. The summed E-state index contributed by atoms with van der Waals surface area (Å²) in [7, 11) is 0. The summed E-state index contributed by atoms with van der Waals surface area (Å²) < 4.78 is -0.643. The van der Waals surface area contributed by atoms with Crippen molar-refractivity contribution in [1.82, 2.24) is 4.90 Å². The molecule has 0 aliphatic carbocycles. The topological polar surface area (TPSA) is 83.6 Å². The molecule has 1 saturated heterocycles. The van der Waals surface area contributed by atoms with Gasteiger partial charge in [0.05, 0.1) is 6.04 Å². The van der Waals surface area contributed by atoms with Crippen molar-refractivity contribution in [2.24, 2.45) is 5.73 Å². The quantitative estimate of drug-likeness (QED) is 0.584. The zero-order valence-corrected chi connectivity index (χ0v) is 9.70. The molecule has 1 aliphatic rings. The molecule has 1 fully saturated rings. The van der Waals surface area contributed by atoms with Crippen molar-refractivity contribution in [3.63, 3.8) is 0 Å². The number of likely N-dealkylation sites (tertiary alicyclic amines) is 1. The highest BCUT2D eigenvalue weighted by molar-refractivity contribution is 7.81. The van der Waals surface area contributed by atoms with Crippen molar-refractivity contribution in [2.75, 3.05) is 6.54 Å². The maximum absolute atomic E-state index is 11.8. The molecule has 0 aromatic heterocycles. The van der Waals surface area contributed by atoms with Gasteiger partial charge in [0.25, 0.3) is 0 Å².